The van der Waals surface area contributed by atoms with E-state index in [2.05, 4.69) is 0 Å². The highest BCUT2D eigenvalue weighted by Crippen LogP contribution is 2.33. The second-order valence-corrected chi connectivity index (χ2v) is 4.83. The van der Waals surface area contributed by atoms with Crippen LogP contribution in [0.1, 0.15) is 25.8 Å². The molecule has 15 heavy (non-hydrogen) atoms. The zero-order valence-corrected chi connectivity index (χ0v) is 10.7. The van der Waals surface area contributed by atoms with Gasteiger partial charge in [-0.05, 0) is 48.7 Å². The monoisotopic (exact) mass is 264 g/mol. The van der Waals surface area contributed by atoms with Crippen molar-refractivity contribution in [2.75, 3.05) is 0 Å². The first-order valence-electron chi connectivity index (χ1n) is 4.56. The zero-order chi connectivity index (χ0) is 11.6. The van der Waals surface area contributed by atoms with Gasteiger partial charge in [0.2, 0.25) is 5.24 Å². The molecule has 0 aliphatic heterocycles. The summed E-state index contributed by atoms with van der Waals surface area (Å²) >= 11 is 17.4. The van der Waals surface area contributed by atoms with E-state index in [1.54, 1.807) is 25.1 Å². The highest BCUT2D eigenvalue weighted by molar-refractivity contribution is 6.65. The fraction of sp³-hybridized carbons (Fsp3) is 0.364. The van der Waals surface area contributed by atoms with Crippen molar-refractivity contribution < 1.29 is 4.79 Å². The van der Waals surface area contributed by atoms with Crippen molar-refractivity contribution in [3.05, 3.63) is 33.8 Å². The number of hydrogen-bond acceptors (Lipinski definition) is 1. The highest BCUT2D eigenvalue weighted by Gasteiger charge is 2.32. The normalized spacial score (nSPS) is 14.7. The van der Waals surface area contributed by atoms with Crippen molar-refractivity contribution in [2.45, 2.75) is 25.7 Å². The Labute approximate surface area is 104 Å². The van der Waals surface area contributed by atoms with E-state index in [-0.39, 0.29) is 0 Å². The Kier molecular flexibility index (Phi) is 4.05. The predicted molar refractivity (Wildman–Crippen MR) is 65.0 cm³/mol. The molecule has 1 unspecified atom stereocenters. The second kappa shape index (κ2) is 4.73. The molecule has 1 nitrogen and oxygen atoms in total. The Bertz CT molecular complexity index is 369. The van der Waals surface area contributed by atoms with Gasteiger partial charge < -0.3 is 0 Å². The molecule has 1 aromatic carbocycles. The van der Waals surface area contributed by atoms with E-state index in [0.29, 0.717) is 16.5 Å². The number of benzene rings is 1. The highest BCUT2D eigenvalue weighted by atomic mass is 35.5. The van der Waals surface area contributed by atoms with Crippen molar-refractivity contribution in [2.24, 2.45) is 0 Å². The molecule has 0 aliphatic carbocycles. The van der Waals surface area contributed by atoms with Gasteiger partial charge in [-0.25, -0.2) is 0 Å². The van der Waals surface area contributed by atoms with Gasteiger partial charge in [0.15, 0.2) is 0 Å². The van der Waals surface area contributed by atoms with Gasteiger partial charge in [0.25, 0.3) is 0 Å². The molecule has 1 aromatic rings. The summed E-state index contributed by atoms with van der Waals surface area (Å²) < 4.78 is 0. The lowest BCUT2D eigenvalue weighted by Gasteiger charge is -2.24. The summed E-state index contributed by atoms with van der Waals surface area (Å²) in [7, 11) is 0. The molecule has 0 saturated heterocycles. The Morgan fingerprint density at radius 3 is 2.07 bits per heavy atom. The maximum absolute atomic E-state index is 11.4. The third kappa shape index (κ3) is 2.66. The minimum Gasteiger partial charge on any atom is -0.280 e. The molecule has 4 heteroatoms. The molecule has 1 atom stereocenters. The van der Waals surface area contributed by atoms with E-state index in [1.165, 1.54) is 0 Å². The van der Waals surface area contributed by atoms with E-state index < -0.39 is 10.7 Å². The molecule has 0 bridgehead atoms. The van der Waals surface area contributed by atoms with Crippen molar-refractivity contribution in [3.63, 3.8) is 0 Å². The van der Waals surface area contributed by atoms with Gasteiger partial charge in [-0.3, -0.25) is 4.79 Å². The van der Waals surface area contributed by atoms with Crippen LogP contribution in [0.3, 0.4) is 0 Å². The summed E-state index contributed by atoms with van der Waals surface area (Å²) in [5.74, 6) is 0. The molecule has 0 N–H and O–H groups in total. The van der Waals surface area contributed by atoms with Crippen molar-refractivity contribution >= 4 is 40.0 Å². The van der Waals surface area contributed by atoms with E-state index in [4.69, 9.17) is 34.8 Å². The molecular weight excluding hydrogens is 254 g/mol. The average molecular weight is 266 g/mol. The van der Waals surface area contributed by atoms with Crippen LogP contribution in [0.25, 0.3) is 0 Å². The molecule has 1 rings (SSSR count). The third-order valence-electron chi connectivity index (χ3n) is 2.64. The number of hydrogen-bond donors (Lipinski definition) is 0. The summed E-state index contributed by atoms with van der Waals surface area (Å²) in [6, 6.07) is 5.07. The second-order valence-electron chi connectivity index (χ2n) is 3.62. The van der Waals surface area contributed by atoms with E-state index in [9.17, 15) is 4.79 Å². The molecule has 82 valence electrons. The Morgan fingerprint density at radius 1 is 1.27 bits per heavy atom. The third-order valence-corrected chi connectivity index (χ3v) is 3.49. The lowest BCUT2D eigenvalue weighted by Crippen LogP contribution is -2.28. The topological polar surface area (TPSA) is 17.1 Å². The van der Waals surface area contributed by atoms with Gasteiger partial charge in [-0.2, -0.15) is 0 Å². The lowest BCUT2D eigenvalue weighted by atomic mass is 9.81. The molecule has 0 saturated carbocycles. The van der Waals surface area contributed by atoms with Crippen LogP contribution < -0.4 is 0 Å². The van der Waals surface area contributed by atoms with Crippen molar-refractivity contribution in [1.82, 2.24) is 0 Å². The quantitative estimate of drug-likeness (QED) is 0.739. The summed E-state index contributed by atoms with van der Waals surface area (Å²) in [5, 5.41) is 0.619. The number of carbonyl (C=O) groups is 1. The summed E-state index contributed by atoms with van der Waals surface area (Å²) in [6.45, 7) is 3.68. The van der Waals surface area contributed by atoms with E-state index >= 15 is 0 Å². The first-order valence-corrected chi connectivity index (χ1v) is 5.70. The zero-order valence-electron chi connectivity index (χ0n) is 8.48. The summed E-state index contributed by atoms with van der Waals surface area (Å²) in [4.78, 5) is 11.4. The maximum Gasteiger partial charge on any atom is 0.231 e. The molecule has 0 aliphatic rings. The standard InChI is InChI=1S/C11H11Cl3O/c1-3-11(2,10(14)15)7-4-8(12)6-9(13)5-7/h4-6H,3H2,1-2H3. The molecule has 0 heterocycles. The van der Waals surface area contributed by atoms with Crippen LogP contribution in [0.15, 0.2) is 18.2 Å². The van der Waals surface area contributed by atoms with Gasteiger partial charge in [-0.1, -0.05) is 30.1 Å². The molecule has 0 amide bonds. The molecule has 0 fully saturated rings. The minimum absolute atomic E-state index is 0.400. The smallest absolute Gasteiger partial charge is 0.231 e. The summed E-state index contributed by atoms with van der Waals surface area (Å²) in [5.41, 5.74) is 0.0262. The Morgan fingerprint density at radius 2 is 1.73 bits per heavy atom. The van der Waals surface area contributed by atoms with Crippen LogP contribution >= 0.6 is 34.8 Å². The molecule has 0 radical (unpaired) electrons. The van der Waals surface area contributed by atoms with Crippen molar-refractivity contribution in [1.29, 1.82) is 0 Å². The number of carbonyl (C=O) groups excluding carboxylic acids is 1. The van der Waals surface area contributed by atoms with E-state index in [1.807, 2.05) is 6.92 Å². The lowest BCUT2D eigenvalue weighted by molar-refractivity contribution is -0.116. The predicted octanol–water partition coefficient (Wildman–Crippen LogP) is 4.43. The van der Waals surface area contributed by atoms with E-state index in [0.717, 1.165) is 5.56 Å². The van der Waals surface area contributed by atoms with Crippen LogP contribution in [-0.4, -0.2) is 5.24 Å². The van der Waals surface area contributed by atoms with Crippen LogP contribution in [0.5, 0.6) is 0 Å². The molecule has 0 spiro atoms. The Balaban J connectivity index is 3.29. The first kappa shape index (κ1) is 12.8. The summed E-state index contributed by atoms with van der Waals surface area (Å²) in [6.07, 6.45) is 0.603. The largest absolute Gasteiger partial charge is 0.280 e. The maximum atomic E-state index is 11.4. The van der Waals surface area contributed by atoms with Gasteiger partial charge in [-0.15, -0.1) is 0 Å². The fourth-order valence-electron chi connectivity index (χ4n) is 1.33. The molecular formula is C11H11Cl3O. The average Bonchev–Trinajstić information content (AvgIpc) is 2.14. The van der Waals surface area contributed by atoms with Crippen molar-refractivity contribution in [3.8, 4) is 0 Å². The van der Waals surface area contributed by atoms with Gasteiger partial charge in [0.05, 0.1) is 5.41 Å². The van der Waals surface area contributed by atoms with Gasteiger partial charge in [0, 0.05) is 10.0 Å². The Hall–Kier alpha value is -0.240. The minimum atomic E-state index is -0.726. The SMILES string of the molecule is CCC(C)(C(=O)Cl)c1cc(Cl)cc(Cl)c1. The fourth-order valence-corrected chi connectivity index (χ4v) is 2.10. The number of rotatable bonds is 3. The van der Waals surface area contributed by atoms with Crippen LogP contribution in [0, 0.1) is 0 Å². The van der Waals surface area contributed by atoms with Gasteiger partial charge >= 0.3 is 0 Å². The van der Waals surface area contributed by atoms with Crippen LogP contribution in [-0.2, 0) is 10.2 Å². The number of halogens is 3. The molecule has 0 aromatic heterocycles. The van der Waals surface area contributed by atoms with Gasteiger partial charge in [0.1, 0.15) is 0 Å². The van der Waals surface area contributed by atoms with Crippen LogP contribution in [0.2, 0.25) is 10.0 Å². The van der Waals surface area contributed by atoms with Crippen LogP contribution in [0.4, 0.5) is 0 Å². The first-order chi connectivity index (χ1) is 6.90.